The minimum atomic E-state index is -4.20. The molecule has 0 aliphatic rings. The molecule has 15 heavy (non-hydrogen) atoms. The number of para-hydroxylation sites is 1. The highest BCUT2D eigenvalue weighted by Crippen LogP contribution is 2.34. The van der Waals surface area contributed by atoms with E-state index in [9.17, 15) is 13.5 Å². The zero-order valence-corrected chi connectivity index (χ0v) is 9.03. The van der Waals surface area contributed by atoms with Gasteiger partial charge in [-0.1, -0.05) is 19.1 Å². The van der Waals surface area contributed by atoms with Gasteiger partial charge >= 0.3 is 0 Å². The second-order valence-electron chi connectivity index (χ2n) is 3.19. The topological polar surface area (TPSA) is 101 Å². The van der Waals surface area contributed by atoms with Gasteiger partial charge in [0.15, 0.2) is 0 Å². The van der Waals surface area contributed by atoms with E-state index in [1.165, 1.54) is 18.2 Å². The average Bonchev–Trinajstić information content (AvgIpc) is 2.11. The maximum absolute atomic E-state index is 11.0. The number of phenols is 1. The number of aromatic hydroxyl groups is 1. The second kappa shape index (κ2) is 4.08. The molecule has 1 rings (SSSR count). The van der Waals surface area contributed by atoms with Gasteiger partial charge in [-0.05, 0) is 18.1 Å². The minimum absolute atomic E-state index is 0.0121. The molecule has 0 heterocycles. The van der Waals surface area contributed by atoms with Crippen LogP contribution in [0.4, 0.5) is 5.69 Å². The smallest absolute Gasteiger partial charge is 0.272 e. The van der Waals surface area contributed by atoms with Gasteiger partial charge in [-0.25, -0.2) is 0 Å². The molecule has 1 aromatic carbocycles. The van der Waals surface area contributed by atoms with Gasteiger partial charge in [-0.3, -0.25) is 4.55 Å². The van der Waals surface area contributed by atoms with Crippen LogP contribution in [-0.4, -0.2) is 18.1 Å². The van der Waals surface area contributed by atoms with Crippen LogP contribution in [0.25, 0.3) is 0 Å². The summed E-state index contributed by atoms with van der Waals surface area (Å²) in [5, 5.41) is 8.22. The lowest BCUT2D eigenvalue weighted by Crippen LogP contribution is -2.13. The second-order valence-corrected chi connectivity index (χ2v) is 4.79. The quantitative estimate of drug-likeness (QED) is 0.413. The van der Waals surface area contributed by atoms with Crippen LogP contribution in [0.1, 0.15) is 24.2 Å². The number of anilines is 1. The molecule has 0 spiro atoms. The molecular weight excluding hydrogens is 218 g/mol. The summed E-state index contributed by atoms with van der Waals surface area (Å²) in [6.45, 7) is 1.61. The van der Waals surface area contributed by atoms with Gasteiger partial charge in [0.05, 0.1) is 5.69 Å². The van der Waals surface area contributed by atoms with Crippen LogP contribution in [-0.2, 0) is 10.1 Å². The van der Waals surface area contributed by atoms with Crippen LogP contribution in [0.2, 0.25) is 0 Å². The molecule has 0 aliphatic heterocycles. The first kappa shape index (κ1) is 11.8. The van der Waals surface area contributed by atoms with E-state index in [0.717, 1.165) is 0 Å². The Morgan fingerprint density at radius 1 is 1.47 bits per heavy atom. The Kier molecular flexibility index (Phi) is 3.21. The van der Waals surface area contributed by atoms with E-state index in [1.54, 1.807) is 6.92 Å². The molecule has 0 radical (unpaired) electrons. The number of nitrogen functional groups attached to an aromatic ring is 1. The number of hydrogen-bond acceptors (Lipinski definition) is 4. The Hall–Kier alpha value is -1.27. The first-order valence-corrected chi connectivity index (χ1v) is 5.92. The zero-order valence-electron chi connectivity index (χ0n) is 8.21. The average molecular weight is 231 g/mol. The van der Waals surface area contributed by atoms with E-state index < -0.39 is 15.4 Å². The number of rotatable bonds is 3. The van der Waals surface area contributed by atoms with Crippen molar-refractivity contribution in [1.29, 1.82) is 0 Å². The Morgan fingerprint density at radius 3 is 2.53 bits per heavy atom. The third-order valence-corrected chi connectivity index (χ3v) is 3.50. The number of benzene rings is 1. The van der Waals surface area contributed by atoms with E-state index in [2.05, 4.69) is 0 Å². The van der Waals surface area contributed by atoms with E-state index in [1.807, 2.05) is 0 Å². The van der Waals surface area contributed by atoms with Gasteiger partial charge in [0.2, 0.25) is 0 Å². The van der Waals surface area contributed by atoms with Crippen molar-refractivity contribution in [2.45, 2.75) is 18.6 Å². The summed E-state index contributed by atoms with van der Waals surface area (Å²) >= 11 is 0. The fraction of sp³-hybridized carbons (Fsp3) is 0.333. The van der Waals surface area contributed by atoms with Crippen molar-refractivity contribution in [3.63, 3.8) is 0 Å². The Bertz CT molecular complexity index is 455. The fourth-order valence-electron chi connectivity index (χ4n) is 1.44. The van der Waals surface area contributed by atoms with Crippen LogP contribution < -0.4 is 5.73 Å². The van der Waals surface area contributed by atoms with Crippen LogP contribution >= 0.6 is 0 Å². The molecule has 0 unspecified atom stereocenters. The summed E-state index contributed by atoms with van der Waals surface area (Å²) in [5.41, 5.74) is 5.74. The third kappa shape index (κ3) is 2.40. The zero-order chi connectivity index (χ0) is 11.6. The lowest BCUT2D eigenvalue weighted by molar-refractivity contribution is 0.465. The predicted molar refractivity (Wildman–Crippen MR) is 57.1 cm³/mol. The van der Waals surface area contributed by atoms with E-state index in [4.69, 9.17) is 10.3 Å². The van der Waals surface area contributed by atoms with Gasteiger partial charge in [0.25, 0.3) is 10.1 Å². The molecule has 0 amide bonds. The van der Waals surface area contributed by atoms with Crippen molar-refractivity contribution in [2.24, 2.45) is 0 Å². The van der Waals surface area contributed by atoms with E-state index in [-0.39, 0.29) is 23.4 Å². The highest BCUT2D eigenvalue weighted by atomic mass is 32.2. The van der Waals surface area contributed by atoms with Crippen molar-refractivity contribution in [3.05, 3.63) is 23.8 Å². The Labute approximate surface area is 88.3 Å². The molecule has 84 valence electrons. The molecule has 0 aromatic heterocycles. The van der Waals surface area contributed by atoms with Crippen molar-refractivity contribution in [3.8, 4) is 5.75 Å². The third-order valence-electron chi connectivity index (χ3n) is 2.19. The molecule has 4 N–H and O–H groups in total. The number of nitrogens with two attached hydrogens (primary N) is 1. The summed E-state index contributed by atoms with van der Waals surface area (Å²) in [7, 11) is -4.20. The van der Waals surface area contributed by atoms with Crippen molar-refractivity contribution < 1.29 is 18.1 Å². The van der Waals surface area contributed by atoms with Crippen LogP contribution in [0, 0.1) is 0 Å². The number of hydrogen-bond donors (Lipinski definition) is 3. The van der Waals surface area contributed by atoms with Gasteiger partial charge in [0, 0.05) is 0 Å². The molecule has 5 nitrogen and oxygen atoms in total. The monoisotopic (exact) mass is 231 g/mol. The maximum atomic E-state index is 11.0. The minimum Gasteiger partial charge on any atom is -0.506 e. The summed E-state index contributed by atoms with van der Waals surface area (Å²) < 4.78 is 31.1. The molecule has 1 aromatic rings. The van der Waals surface area contributed by atoms with Gasteiger partial charge in [0.1, 0.15) is 11.0 Å². The molecule has 0 saturated carbocycles. The maximum Gasteiger partial charge on any atom is 0.272 e. The largest absolute Gasteiger partial charge is 0.506 e. The molecule has 0 saturated heterocycles. The van der Waals surface area contributed by atoms with Crippen LogP contribution in [0.3, 0.4) is 0 Å². The van der Waals surface area contributed by atoms with Crippen molar-refractivity contribution in [1.82, 2.24) is 0 Å². The van der Waals surface area contributed by atoms with Crippen LogP contribution in [0.5, 0.6) is 5.75 Å². The van der Waals surface area contributed by atoms with Crippen molar-refractivity contribution in [2.75, 3.05) is 5.73 Å². The number of phenolic OH excluding ortho intramolecular Hbond substituents is 1. The lowest BCUT2D eigenvalue weighted by Gasteiger charge is -2.14. The highest BCUT2D eigenvalue weighted by molar-refractivity contribution is 7.86. The molecule has 1 atom stereocenters. The molecule has 0 bridgehead atoms. The summed E-state index contributed by atoms with van der Waals surface area (Å²) in [4.78, 5) is 0. The van der Waals surface area contributed by atoms with Gasteiger partial charge in [-0.2, -0.15) is 8.42 Å². The normalized spacial score (nSPS) is 13.7. The SMILES string of the molecule is CC[C@@H](c1cccc(O)c1N)S(=O)(=O)O. The first-order chi connectivity index (χ1) is 6.88. The Morgan fingerprint density at radius 2 is 2.07 bits per heavy atom. The summed E-state index contributed by atoms with van der Waals surface area (Å²) in [5.74, 6) is -0.186. The van der Waals surface area contributed by atoms with E-state index >= 15 is 0 Å². The summed E-state index contributed by atoms with van der Waals surface area (Å²) in [6.07, 6.45) is 0.187. The van der Waals surface area contributed by atoms with Crippen LogP contribution in [0.15, 0.2) is 18.2 Å². The van der Waals surface area contributed by atoms with E-state index in [0.29, 0.717) is 0 Å². The molecule has 0 aliphatic carbocycles. The standard InChI is InChI=1S/C9H13NO4S/c1-2-8(15(12,13)14)6-4-3-5-7(11)9(6)10/h3-5,8,11H,2,10H2,1H3,(H,12,13,14)/t8-/m0/s1. The van der Waals surface area contributed by atoms with Crippen molar-refractivity contribution >= 4 is 15.8 Å². The highest BCUT2D eigenvalue weighted by Gasteiger charge is 2.25. The Balaban J connectivity index is 3.31. The summed E-state index contributed by atoms with van der Waals surface area (Å²) in [6, 6.07) is 4.31. The van der Waals surface area contributed by atoms with Gasteiger partial charge in [-0.15, -0.1) is 0 Å². The fourth-order valence-corrected chi connectivity index (χ4v) is 2.39. The first-order valence-electron chi connectivity index (χ1n) is 4.41. The molecule has 0 fully saturated rings. The van der Waals surface area contributed by atoms with Gasteiger partial charge < -0.3 is 10.8 Å². The molecular formula is C9H13NO4S. The molecule has 6 heteroatoms. The lowest BCUT2D eigenvalue weighted by atomic mass is 10.1. The predicted octanol–water partition coefficient (Wildman–Crippen LogP) is 1.31.